The second kappa shape index (κ2) is 13.4. The molecule has 4 aromatic rings. The van der Waals surface area contributed by atoms with E-state index in [1.807, 2.05) is 104 Å². The van der Waals surface area contributed by atoms with Crippen molar-refractivity contribution in [1.82, 2.24) is 10.2 Å². The van der Waals surface area contributed by atoms with Gasteiger partial charge in [-0.15, -0.1) is 0 Å². The van der Waals surface area contributed by atoms with E-state index >= 15 is 0 Å². The Morgan fingerprint density at radius 1 is 0.868 bits per heavy atom. The second-order valence-corrected chi connectivity index (χ2v) is 9.56. The number of amides is 2. The van der Waals surface area contributed by atoms with E-state index < -0.39 is 6.04 Å². The van der Waals surface area contributed by atoms with Gasteiger partial charge >= 0.3 is 0 Å². The van der Waals surface area contributed by atoms with Crippen molar-refractivity contribution in [3.8, 4) is 5.75 Å². The molecule has 0 bridgehead atoms. The van der Waals surface area contributed by atoms with Gasteiger partial charge in [0.15, 0.2) is 6.61 Å². The average molecular weight is 509 g/mol. The number of ether oxygens (including phenoxy) is 1. The Morgan fingerprint density at radius 2 is 1.58 bits per heavy atom. The Hall–Kier alpha value is -4.12. The van der Waals surface area contributed by atoms with Crippen molar-refractivity contribution in [2.45, 2.75) is 45.7 Å². The number of carbonyl (C=O) groups excluding carboxylic acids is 2. The number of benzene rings is 4. The van der Waals surface area contributed by atoms with E-state index in [1.54, 1.807) is 4.90 Å². The maximum atomic E-state index is 13.9. The van der Waals surface area contributed by atoms with Crippen molar-refractivity contribution >= 4 is 22.6 Å². The third-order valence-electron chi connectivity index (χ3n) is 6.80. The van der Waals surface area contributed by atoms with E-state index in [9.17, 15) is 9.59 Å². The molecule has 0 fully saturated rings. The fraction of sp³-hybridized carbons (Fsp3) is 0.273. The third kappa shape index (κ3) is 7.00. The van der Waals surface area contributed by atoms with Crippen molar-refractivity contribution in [2.24, 2.45) is 0 Å². The first kappa shape index (κ1) is 26.9. The minimum absolute atomic E-state index is 0.144. The average Bonchev–Trinajstić information content (AvgIpc) is 2.95. The number of hydrogen-bond donors (Lipinski definition) is 1. The van der Waals surface area contributed by atoms with Gasteiger partial charge < -0.3 is 15.0 Å². The molecular formula is C33H36N2O3. The van der Waals surface area contributed by atoms with Crippen LogP contribution in [0.3, 0.4) is 0 Å². The van der Waals surface area contributed by atoms with E-state index in [1.165, 1.54) is 0 Å². The van der Waals surface area contributed by atoms with Crippen LogP contribution in [-0.4, -0.2) is 35.9 Å². The molecule has 5 heteroatoms. The quantitative estimate of drug-likeness (QED) is 0.236. The molecule has 4 rings (SSSR count). The molecule has 0 spiro atoms. The Labute approximate surface area is 225 Å². The lowest BCUT2D eigenvalue weighted by molar-refractivity contribution is -0.142. The second-order valence-electron chi connectivity index (χ2n) is 9.56. The first-order valence-electron chi connectivity index (χ1n) is 13.3. The lowest BCUT2D eigenvalue weighted by Gasteiger charge is -2.32. The zero-order valence-electron chi connectivity index (χ0n) is 22.2. The topological polar surface area (TPSA) is 58.6 Å². The van der Waals surface area contributed by atoms with Gasteiger partial charge in [-0.3, -0.25) is 9.59 Å². The number of hydrogen-bond acceptors (Lipinski definition) is 3. The summed E-state index contributed by atoms with van der Waals surface area (Å²) >= 11 is 0. The molecule has 0 saturated heterocycles. The minimum Gasteiger partial charge on any atom is -0.483 e. The lowest BCUT2D eigenvalue weighted by atomic mass is 10.0. The lowest BCUT2D eigenvalue weighted by Crippen LogP contribution is -2.52. The van der Waals surface area contributed by atoms with Gasteiger partial charge in [-0.25, -0.2) is 0 Å². The van der Waals surface area contributed by atoms with E-state index in [-0.39, 0.29) is 18.4 Å². The van der Waals surface area contributed by atoms with Gasteiger partial charge in [-0.2, -0.15) is 0 Å². The number of carbonyl (C=O) groups is 2. The van der Waals surface area contributed by atoms with Crippen molar-refractivity contribution < 1.29 is 14.3 Å². The Bertz CT molecular complexity index is 1350. The summed E-state index contributed by atoms with van der Waals surface area (Å²) in [5.74, 6) is 0.279. The first-order chi connectivity index (χ1) is 18.6. The summed E-state index contributed by atoms with van der Waals surface area (Å²) in [5.41, 5.74) is 3.08. The highest BCUT2D eigenvalue weighted by atomic mass is 16.5. The summed E-state index contributed by atoms with van der Waals surface area (Å²) in [7, 11) is 0. The molecule has 0 radical (unpaired) electrons. The molecule has 0 heterocycles. The van der Waals surface area contributed by atoms with E-state index in [0.29, 0.717) is 25.3 Å². The highest BCUT2D eigenvalue weighted by Gasteiger charge is 2.31. The molecule has 2 amide bonds. The van der Waals surface area contributed by atoms with Gasteiger partial charge in [0.25, 0.3) is 5.91 Å². The van der Waals surface area contributed by atoms with Gasteiger partial charge in [-0.05, 0) is 41.5 Å². The van der Waals surface area contributed by atoms with Crippen LogP contribution in [0.5, 0.6) is 5.75 Å². The molecule has 196 valence electrons. The summed E-state index contributed by atoms with van der Waals surface area (Å²) in [6, 6.07) is 30.9. The molecule has 0 aliphatic heterocycles. The van der Waals surface area contributed by atoms with Crippen LogP contribution in [0.1, 0.15) is 36.5 Å². The summed E-state index contributed by atoms with van der Waals surface area (Å²) in [5, 5.41) is 5.06. The van der Waals surface area contributed by atoms with Gasteiger partial charge in [0.2, 0.25) is 5.91 Å². The maximum Gasteiger partial charge on any atom is 0.261 e. The van der Waals surface area contributed by atoms with Gasteiger partial charge in [0.1, 0.15) is 11.8 Å². The van der Waals surface area contributed by atoms with Gasteiger partial charge in [-0.1, -0.05) is 104 Å². The number of unbranched alkanes of at least 4 members (excludes halogenated alkanes) is 1. The predicted octanol–water partition coefficient (Wildman–Crippen LogP) is 6.08. The number of nitrogens with one attached hydrogen (secondary N) is 1. The summed E-state index contributed by atoms with van der Waals surface area (Å²) < 4.78 is 6.09. The number of nitrogens with zero attached hydrogens (tertiary/aromatic N) is 1. The van der Waals surface area contributed by atoms with Crippen LogP contribution in [-0.2, 0) is 22.6 Å². The fourth-order valence-corrected chi connectivity index (χ4v) is 4.58. The third-order valence-corrected chi connectivity index (χ3v) is 6.80. The molecule has 1 atom stereocenters. The molecule has 0 unspecified atom stereocenters. The van der Waals surface area contributed by atoms with Crippen LogP contribution in [0.15, 0.2) is 97.1 Å². The SMILES string of the molecule is CCCCNC(=O)[C@@H](Cc1ccccc1)N(Cc1ccccc1C)C(=O)COc1cccc2ccccc12. The molecule has 0 aromatic heterocycles. The highest BCUT2D eigenvalue weighted by molar-refractivity contribution is 5.90. The van der Waals surface area contributed by atoms with Crippen LogP contribution in [0, 0.1) is 6.92 Å². The summed E-state index contributed by atoms with van der Waals surface area (Å²) in [6.07, 6.45) is 2.29. The number of fused-ring (bicyclic) bond motifs is 1. The summed E-state index contributed by atoms with van der Waals surface area (Å²) in [4.78, 5) is 29.1. The molecule has 5 nitrogen and oxygen atoms in total. The first-order valence-corrected chi connectivity index (χ1v) is 13.3. The molecule has 4 aromatic carbocycles. The Morgan fingerprint density at radius 3 is 2.37 bits per heavy atom. The maximum absolute atomic E-state index is 13.9. The van der Waals surface area contributed by atoms with E-state index in [0.717, 1.165) is 40.3 Å². The predicted molar refractivity (Wildman–Crippen MR) is 153 cm³/mol. The molecule has 0 saturated carbocycles. The summed E-state index contributed by atoms with van der Waals surface area (Å²) in [6.45, 7) is 4.86. The van der Waals surface area contributed by atoms with Gasteiger partial charge in [0, 0.05) is 24.9 Å². The smallest absolute Gasteiger partial charge is 0.261 e. The Balaban J connectivity index is 1.63. The van der Waals surface area contributed by atoms with E-state index in [4.69, 9.17) is 4.74 Å². The number of rotatable bonds is 12. The monoisotopic (exact) mass is 508 g/mol. The standard InChI is InChI=1S/C33H36N2O3/c1-3-4-21-34-33(37)30(22-26-14-6-5-7-15-26)35(23-28-17-9-8-13-25(28)2)32(36)24-38-31-20-12-18-27-16-10-11-19-29(27)31/h5-20,30H,3-4,21-24H2,1-2H3,(H,34,37)/t30-/m1/s1. The molecular weight excluding hydrogens is 472 g/mol. The van der Waals surface area contributed by atoms with Crippen LogP contribution < -0.4 is 10.1 Å². The van der Waals surface area contributed by atoms with Gasteiger partial charge in [0.05, 0.1) is 0 Å². The molecule has 0 aliphatic rings. The van der Waals surface area contributed by atoms with Crippen LogP contribution in [0.25, 0.3) is 10.8 Å². The van der Waals surface area contributed by atoms with E-state index in [2.05, 4.69) is 12.2 Å². The van der Waals surface area contributed by atoms with Crippen LogP contribution in [0.2, 0.25) is 0 Å². The zero-order chi connectivity index (χ0) is 26.7. The Kier molecular flexibility index (Phi) is 9.52. The highest BCUT2D eigenvalue weighted by Crippen LogP contribution is 2.25. The largest absolute Gasteiger partial charge is 0.483 e. The van der Waals surface area contributed by atoms with Crippen LogP contribution in [0.4, 0.5) is 0 Å². The fourth-order valence-electron chi connectivity index (χ4n) is 4.58. The molecule has 1 N–H and O–H groups in total. The van der Waals surface area contributed by atoms with Crippen LogP contribution >= 0.6 is 0 Å². The normalized spacial score (nSPS) is 11.6. The van der Waals surface area contributed by atoms with Crippen molar-refractivity contribution in [1.29, 1.82) is 0 Å². The zero-order valence-corrected chi connectivity index (χ0v) is 22.2. The van der Waals surface area contributed by atoms with Crippen molar-refractivity contribution in [3.63, 3.8) is 0 Å². The van der Waals surface area contributed by atoms with Crippen molar-refractivity contribution in [2.75, 3.05) is 13.2 Å². The number of aryl methyl sites for hydroxylation is 1. The molecule has 38 heavy (non-hydrogen) atoms. The van der Waals surface area contributed by atoms with Crippen molar-refractivity contribution in [3.05, 3.63) is 114 Å². The molecule has 0 aliphatic carbocycles. The minimum atomic E-state index is -0.669.